The minimum absolute atomic E-state index is 0.117. The van der Waals surface area contributed by atoms with Gasteiger partial charge in [-0.2, -0.15) is 4.98 Å². The lowest BCUT2D eigenvalue weighted by Crippen LogP contribution is -2.49. The number of hydrogen-bond acceptors (Lipinski definition) is 5. The molecule has 0 spiro atoms. The zero-order chi connectivity index (χ0) is 20.4. The summed E-state index contributed by atoms with van der Waals surface area (Å²) in [5, 5.41) is 4.51. The molecule has 1 aromatic rings. The Morgan fingerprint density at radius 3 is 2.57 bits per heavy atom. The number of aromatic nitrogens is 2. The van der Waals surface area contributed by atoms with Gasteiger partial charge in [0, 0.05) is 38.6 Å². The van der Waals surface area contributed by atoms with Gasteiger partial charge in [-0.3, -0.25) is 4.79 Å². The average Bonchev–Trinajstić information content (AvgIpc) is 3.45. The monoisotopic (exact) mass is 415 g/mol. The van der Waals surface area contributed by atoms with Crippen molar-refractivity contribution in [2.45, 2.75) is 94.8 Å². The average molecular weight is 416 g/mol. The number of nitrogens with zero attached hydrogens (tertiary/aromatic N) is 3. The maximum atomic E-state index is 13.2. The fraction of sp³-hybridized carbons (Fsp3) is 0.875. The van der Waals surface area contributed by atoms with Crippen molar-refractivity contribution in [3.05, 3.63) is 11.7 Å². The molecule has 5 rings (SSSR count). The predicted octanol–water partition coefficient (Wildman–Crippen LogP) is 4.59. The number of carbonyl (C=O) groups excluding carboxylic acids is 1. The van der Waals surface area contributed by atoms with Gasteiger partial charge in [-0.1, -0.05) is 37.3 Å². The van der Waals surface area contributed by atoms with Crippen LogP contribution in [0.1, 0.15) is 101 Å². The Balaban J connectivity index is 1.31. The van der Waals surface area contributed by atoms with E-state index in [0.717, 1.165) is 82.5 Å². The molecule has 0 radical (unpaired) electrons. The van der Waals surface area contributed by atoms with Crippen molar-refractivity contribution in [1.82, 2.24) is 15.0 Å². The SMILES string of the molecule is O=C(CC1CCCCC1)N1CCCC(CC2CC2)(c2noc(C3CCOCC3)n2)C1. The number of piperidine rings is 1. The van der Waals surface area contributed by atoms with E-state index in [4.69, 9.17) is 14.2 Å². The molecule has 2 saturated heterocycles. The first kappa shape index (κ1) is 20.5. The normalized spacial score (nSPS) is 29.3. The first-order valence-corrected chi connectivity index (χ1v) is 12.4. The van der Waals surface area contributed by atoms with Crippen molar-refractivity contribution in [2.75, 3.05) is 26.3 Å². The number of carbonyl (C=O) groups is 1. The summed E-state index contributed by atoms with van der Waals surface area (Å²) in [7, 11) is 0. The Morgan fingerprint density at radius 2 is 1.80 bits per heavy atom. The lowest BCUT2D eigenvalue weighted by molar-refractivity contribution is -0.135. The van der Waals surface area contributed by atoms with Crippen LogP contribution in [0.3, 0.4) is 0 Å². The summed E-state index contributed by atoms with van der Waals surface area (Å²) in [4.78, 5) is 20.3. The summed E-state index contributed by atoms with van der Waals surface area (Å²) < 4.78 is 11.3. The van der Waals surface area contributed by atoms with Gasteiger partial charge < -0.3 is 14.2 Å². The van der Waals surface area contributed by atoms with Gasteiger partial charge in [0.2, 0.25) is 11.8 Å². The summed E-state index contributed by atoms with van der Waals surface area (Å²) in [5.41, 5.74) is -0.117. The van der Waals surface area contributed by atoms with Crippen molar-refractivity contribution < 1.29 is 14.1 Å². The third-order valence-electron chi connectivity index (χ3n) is 7.98. The van der Waals surface area contributed by atoms with Gasteiger partial charge in [-0.15, -0.1) is 0 Å². The van der Waals surface area contributed by atoms with Crippen LogP contribution in [0.15, 0.2) is 4.52 Å². The molecule has 166 valence electrons. The second kappa shape index (κ2) is 8.97. The maximum absolute atomic E-state index is 13.2. The van der Waals surface area contributed by atoms with Gasteiger partial charge >= 0.3 is 0 Å². The molecular formula is C24H37N3O3. The molecule has 1 amide bonds. The van der Waals surface area contributed by atoms with Gasteiger partial charge in [-0.25, -0.2) is 0 Å². The van der Waals surface area contributed by atoms with E-state index < -0.39 is 0 Å². The third kappa shape index (κ3) is 4.58. The highest BCUT2D eigenvalue weighted by Crippen LogP contribution is 2.46. The van der Waals surface area contributed by atoms with Crippen LogP contribution < -0.4 is 0 Å². The van der Waals surface area contributed by atoms with Crippen LogP contribution in [0.4, 0.5) is 0 Å². The molecule has 30 heavy (non-hydrogen) atoms. The van der Waals surface area contributed by atoms with Crippen LogP contribution in [0.2, 0.25) is 0 Å². The van der Waals surface area contributed by atoms with Crippen molar-refractivity contribution >= 4 is 5.91 Å². The first-order chi connectivity index (χ1) is 14.7. The molecule has 4 fully saturated rings. The highest BCUT2D eigenvalue weighted by Gasteiger charge is 2.46. The molecule has 0 bridgehead atoms. The summed E-state index contributed by atoms with van der Waals surface area (Å²) in [6.45, 7) is 3.22. The molecular weight excluding hydrogens is 378 g/mol. The van der Waals surface area contributed by atoms with E-state index in [1.54, 1.807) is 0 Å². The standard InChI is InChI=1S/C24H37N3O3/c28-21(15-18-5-2-1-3-6-18)27-12-4-11-24(17-27,16-19-7-8-19)23-25-22(30-26-23)20-9-13-29-14-10-20/h18-20H,1-17H2. The van der Waals surface area contributed by atoms with Crippen LogP contribution in [-0.4, -0.2) is 47.3 Å². The predicted molar refractivity (Wildman–Crippen MR) is 113 cm³/mol. The molecule has 6 heteroatoms. The Labute approximate surface area is 180 Å². The fourth-order valence-electron chi connectivity index (χ4n) is 5.99. The summed E-state index contributed by atoms with van der Waals surface area (Å²) in [6.07, 6.45) is 14.9. The Bertz CT molecular complexity index is 719. The zero-order valence-electron chi connectivity index (χ0n) is 18.3. The maximum Gasteiger partial charge on any atom is 0.229 e. The second-order valence-corrected chi connectivity index (χ2v) is 10.4. The minimum Gasteiger partial charge on any atom is -0.381 e. The topological polar surface area (TPSA) is 68.5 Å². The smallest absolute Gasteiger partial charge is 0.229 e. The van der Waals surface area contributed by atoms with Gasteiger partial charge in [-0.05, 0) is 56.8 Å². The quantitative estimate of drug-likeness (QED) is 0.679. The van der Waals surface area contributed by atoms with E-state index in [1.807, 2.05) is 0 Å². The number of likely N-dealkylation sites (tertiary alicyclic amines) is 1. The van der Waals surface area contributed by atoms with E-state index in [1.165, 1.54) is 44.9 Å². The van der Waals surface area contributed by atoms with E-state index in [2.05, 4.69) is 10.1 Å². The summed E-state index contributed by atoms with van der Waals surface area (Å²) in [5.74, 6) is 3.69. The minimum atomic E-state index is -0.117. The van der Waals surface area contributed by atoms with Crippen LogP contribution in [0, 0.1) is 11.8 Å². The van der Waals surface area contributed by atoms with E-state index in [0.29, 0.717) is 17.7 Å². The van der Waals surface area contributed by atoms with Crippen molar-refractivity contribution in [1.29, 1.82) is 0 Å². The van der Waals surface area contributed by atoms with Gasteiger partial charge in [0.25, 0.3) is 0 Å². The molecule has 0 N–H and O–H groups in total. The fourth-order valence-corrected chi connectivity index (χ4v) is 5.99. The Hall–Kier alpha value is -1.43. The lowest BCUT2D eigenvalue weighted by atomic mass is 9.74. The molecule has 4 aliphatic rings. The molecule has 6 nitrogen and oxygen atoms in total. The summed E-state index contributed by atoms with van der Waals surface area (Å²) in [6, 6.07) is 0. The zero-order valence-corrected chi connectivity index (χ0v) is 18.3. The van der Waals surface area contributed by atoms with E-state index in [9.17, 15) is 4.79 Å². The molecule has 2 saturated carbocycles. The van der Waals surface area contributed by atoms with Crippen LogP contribution in [0.25, 0.3) is 0 Å². The molecule has 0 aromatic carbocycles. The van der Waals surface area contributed by atoms with Crippen LogP contribution >= 0.6 is 0 Å². The Kier molecular flexibility index (Phi) is 6.12. The van der Waals surface area contributed by atoms with E-state index in [-0.39, 0.29) is 5.41 Å². The summed E-state index contributed by atoms with van der Waals surface area (Å²) >= 11 is 0. The van der Waals surface area contributed by atoms with Gasteiger partial charge in [0.1, 0.15) is 0 Å². The highest BCUT2D eigenvalue weighted by molar-refractivity contribution is 5.76. The number of ether oxygens (including phenoxy) is 1. The van der Waals surface area contributed by atoms with Crippen molar-refractivity contribution in [2.24, 2.45) is 11.8 Å². The van der Waals surface area contributed by atoms with Crippen molar-refractivity contribution in [3.8, 4) is 0 Å². The largest absolute Gasteiger partial charge is 0.381 e. The Morgan fingerprint density at radius 1 is 1.00 bits per heavy atom. The number of rotatable bonds is 6. The first-order valence-electron chi connectivity index (χ1n) is 12.4. The van der Waals surface area contributed by atoms with E-state index >= 15 is 0 Å². The third-order valence-corrected chi connectivity index (χ3v) is 7.98. The second-order valence-electron chi connectivity index (χ2n) is 10.4. The lowest BCUT2D eigenvalue weighted by Gasteiger charge is -2.41. The van der Waals surface area contributed by atoms with Crippen LogP contribution in [-0.2, 0) is 14.9 Å². The number of hydrogen-bond donors (Lipinski definition) is 0. The molecule has 1 aromatic heterocycles. The molecule has 3 heterocycles. The van der Waals surface area contributed by atoms with Crippen LogP contribution in [0.5, 0.6) is 0 Å². The highest BCUT2D eigenvalue weighted by atomic mass is 16.5. The van der Waals surface area contributed by atoms with Crippen molar-refractivity contribution in [3.63, 3.8) is 0 Å². The molecule has 2 aliphatic carbocycles. The molecule has 1 unspecified atom stereocenters. The number of amides is 1. The molecule has 2 aliphatic heterocycles. The molecule has 1 atom stereocenters. The van der Waals surface area contributed by atoms with Gasteiger partial charge in [0.15, 0.2) is 5.82 Å². The van der Waals surface area contributed by atoms with Gasteiger partial charge in [0.05, 0.1) is 5.41 Å².